The average molecular weight is 289 g/mol. The van der Waals surface area contributed by atoms with Gasteiger partial charge in [0.05, 0.1) is 11.8 Å². The first-order valence-corrected chi connectivity index (χ1v) is 7.06. The van der Waals surface area contributed by atoms with Crippen molar-refractivity contribution in [1.29, 1.82) is 0 Å². The van der Waals surface area contributed by atoms with Crippen LogP contribution in [-0.2, 0) is 4.74 Å². The molecule has 2 unspecified atom stereocenters. The van der Waals surface area contributed by atoms with Crippen molar-refractivity contribution < 1.29 is 4.74 Å². The minimum atomic E-state index is 0.343. The molecule has 1 aliphatic heterocycles. The lowest BCUT2D eigenvalue weighted by molar-refractivity contribution is 0.00924. The van der Waals surface area contributed by atoms with E-state index in [1.807, 2.05) is 13.0 Å². The standard InChI is InChI=1S/C13H18Cl2N2O/c1-3-10-7-9(4-5-18-10)16-12-8(2)6-11(14)17-13(12)15/h6,9-10,16H,3-5,7H2,1-2H3. The minimum absolute atomic E-state index is 0.343. The molecule has 0 amide bonds. The van der Waals surface area contributed by atoms with Crippen LogP contribution >= 0.6 is 23.2 Å². The van der Waals surface area contributed by atoms with Gasteiger partial charge in [-0.25, -0.2) is 4.98 Å². The van der Waals surface area contributed by atoms with E-state index < -0.39 is 0 Å². The molecule has 1 aliphatic rings. The van der Waals surface area contributed by atoms with Crippen LogP contribution in [0.4, 0.5) is 5.69 Å². The molecule has 2 rings (SSSR count). The van der Waals surface area contributed by atoms with E-state index in [1.165, 1.54) is 0 Å². The summed E-state index contributed by atoms with van der Waals surface area (Å²) in [6, 6.07) is 2.22. The molecule has 0 bridgehead atoms. The van der Waals surface area contributed by atoms with Crippen molar-refractivity contribution in [3.05, 3.63) is 21.9 Å². The molecular formula is C13H18Cl2N2O. The topological polar surface area (TPSA) is 34.2 Å². The number of anilines is 1. The molecule has 1 aromatic rings. The molecule has 5 heteroatoms. The van der Waals surface area contributed by atoms with Gasteiger partial charge in [0.2, 0.25) is 0 Å². The smallest absolute Gasteiger partial charge is 0.154 e. The number of halogens is 2. The van der Waals surface area contributed by atoms with E-state index in [0.717, 1.165) is 37.1 Å². The number of pyridine rings is 1. The number of rotatable bonds is 3. The Morgan fingerprint density at radius 3 is 2.94 bits per heavy atom. The largest absolute Gasteiger partial charge is 0.379 e. The summed E-state index contributed by atoms with van der Waals surface area (Å²) in [5.41, 5.74) is 1.92. The summed E-state index contributed by atoms with van der Waals surface area (Å²) >= 11 is 12.0. The Hall–Kier alpha value is -0.510. The summed E-state index contributed by atoms with van der Waals surface area (Å²) in [7, 11) is 0. The SMILES string of the molecule is CCC1CC(Nc2c(C)cc(Cl)nc2Cl)CCO1. The van der Waals surface area contributed by atoms with E-state index in [1.54, 1.807) is 0 Å². The van der Waals surface area contributed by atoms with Crippen molar-refractivity contribution in [3.8, 4) is 0 Å². The van der Waals surface area contributed by atoms with E-state index >= 15 is 0 Å². The molecule has 0 aromatic carbocycles. The highest BCUT2D eigenvalue weighted by atomic mass is 35.5. The lowest BCUT2D eigenvalue weighted by Crippen LogP contribution is -2.34. The highest BCUT2D eigenvalue weighted by Crippen LogP contribution is 2.29. The second-order valence-corrected chi connectivity index (χ2v) is 5.44. The van der Waals surface area contributed by atoms with E-state index in [-0.39, 0.29) is 0 Å². The van der Waals surface area contributed by atoms with Gasteiger partial charge >= 0.3 is 0 Å². The summed E-state index contributed by atoms with van der Waals surface area (Å²) in [5.74, 6) is 0. The summed E-state index contributed by atoms with van der Waals surface area (Å²) < 4.78 is 5.66. The monoisotopic (exact) mass is 288 g/mol. The van der Waals surface area contributed by atoms with E-state index in [2.05, 4.69) is 17.2 Å². The van der Waals surface area contributed by atoms with Gasteiger partial charge in [0, 0.05) is 12.6 Å². The first kappa shape index (κ1) is 13.9. The van der Waals surface area contributed by atoms with Gasteiger partial charge in [-0.15, -0.1) is 0 Å². The van der Waals surface area contributed by atoms with Gasteiger partial charge in [-0.2, -0.15) is 0 Å². The number of hydrogen-bond donors (Lipinski definition) is 1. The maximum absolute atomic E-state index is 6.13. The molecule has 1 fully saturated rings. The molecule has 0 saturated carbocycles. The predicted molar refractivity (Wildman–Crippen MR) is 75.7 cm³/mol. The number of nitrogens with one attached hydrogen (secondary N) is 1. The summed E-state index contributed by atoms with van der Waals surface area (Å²) in [6.45, 7) is 4.93. The number of aryl methyl sites for hydroxylation is 1. The van der Waals surface area contributed by atoms with Gasteiger partial charge in [-0.05, 0) is 37.8 Å². The molecule has 3 nitrogen and oxygen atoms in total. The second kappa shape index (κ2) is 6.09. The maximum Gasteiger partial charge on any atom is 0.154 e. The first-order valence-electron chi connectivity index (χ1n) is 6.31. The van der Waals surface area contributed by atoms with Crippen LogP contribution in [0.25, 0.3) is 0 Å². The van der Waals surface area contributed by atoms with Crippen LogP contribution in [0, 0.1) is 6.92 Å². The van der Waals surface area contributed by atoms with Crippen molar-refractivity contribution in [3.63, 3.8) is 0 Å². The molecule has 1 aromatic heterocycles. The Bertz CT molecular complexity index is 402. The van der Waals surface area contributed by atoms with Crippen LogP contribution in [0.1, 0.15) is 31.7 Å². The Morgan fingerprint density at radius 1 is 1.50 bits per heavy atom. The second-order valence-electron chi connectivity index (χ2n) is 4.69. The fourth-order valence-corrected chi connectivity index (χ4v) is 2.85. The third-order valence-electron chi connectivity index (χ3n) is 3.31. The molecule has 1 saturated heterocycles. The number of nitrogens with zero attached hydrogens (tertiary/aromatic N) is 1. The molecule has 1 N–H and O–H groups in total. The quantitative estimate of drug-likeness (QED) is 0.852. The number of ether oxygens (including phenoxy) is 1. The Balaban J connectivity index is 2.09. The molecule has 18 heavy (non-hydrogen) atoms. The zero-order chi connectivity index (χ0) is 13.1. The van der Waals surface area contributed by atoms with Crippen molar-refractivity contribution in [2.75, 3.05) is 11.9 Å². The minimum Gasteiger partial charge on any atom is -0.379 e. The molecule has 0 spiro atoms. The fourth-order valence-electron chi connectivity index (χ4n) is 2.27. The van der Waals surface area contributed by atoms with Crippen LogP contribution in [-0.4, -0.2) is 23.7 Å². The number of aromatic nitrogens is 1. The van der Waals surface area contributed by atoms with Gasteiger partial charge in [0.25, 0.3) is 0 Å². The Labute approximate surface area is 118 Å². The van der Waals surface area contributed by atoms with Gasteiger partial charge in [-0.1, -0.05) is 30.1 Å². The normalized spacial score (nSPS) is 24.0. The first-order chi connectivity index (χ1) is 8.60. The van der Waals surface area contributed by atoms with Crippen LogP contribution in [0.15, 0.2) is 6.07 Å². The van der Waals surface area contributed by atoms with Gasteiger partial charge in [0.1, 0.15) is 5.15 Å². The molecule has 0 radical (unpaired) electrons. The zero-order valence-corrected chi connectivity index (χ0v) is 12.2. The Kier molecular flexibility index (Phi) is 4.71. The van der Waals surface area contributed by atoms with E-state index in [9.17, 15) is 0 Å². The van der Waals surface area contributed by atoms with Crippen LogP contribution in [0.5, 0.6) is 0 Å². The third kappa shape index (κ3) is 3.28. The average Bonchev–Trinajstić information content (AvgIpc) is 2.34. The van der Waals surface area contributed by atoms with Crippen LogP contribution < -0.4 is 5.32 Å². The number of hydrogen-bond acceptors (Lipinski definition) is 3. The van der Waals surface area contributed by atoms with Crippen molar-refractivity contribution in [2.24, 2.45) is 0 Å². The summed E-state index contributed by atoms with van der Waals surface area (Å²) in [5, 5.41) is 4.35. The third-order valence-corrected chi connectivity index (χ3v) is 3.78. The van der Waals surface area contributed by atoms with Crippen LogP contribution in [0.3, 0.4) is 0 Å². The van der Waals surface area contributed by atoms with Crippen molar-refractivity contribution in [1.82, 2.24) is 4.98 Å². The van der Waals surface area contributed by atoms with Crippen molar-refractivity contribution in [2.45, 2.75) is 45.3 Å². The van der Waals surface area contributed by atoms with Gasteiger partial charge in [0.15, 0.2) is 5.15 Å². The molecule has 2 atom stereocenters. The molecular weight excluding hydrogens is 271 g/mol. The lowest BCUT2D eigenvalue weighted by Gasteiger charge is -2.30. The van der Waals surface area contributed by atoms with Crippen molar-refractivity contribution >= 4 is 28.9 Å². The predicted octanol–water partition coefficient (Wildman–Crippen LogP) is 4.07. The zero-order valence-electron chi connectivity index (χ0n) is 10.7. The van der Waals surface area contributed by atoms with E-state index in [4.69, 9.17) is 27.9 Å². The van der Waals surface area contributed by atoms with E-state index in [0.29, 0.717) is 22.5 Å². The highest BCUT2D eigenvalue weighted by Gasteiger charge is 2.22. The molecule has 2 heterocycles. The van der Waals surface area contributed by atoms with Gasteiger partial charge in [-0.3, -0.25) is 0 Å². The molecule has 100 valence electrons. The summed E-state index contributed by atoms with van der Waals surface area (Å²) in [4.78, 5) is 4.08. The lowest BCUT2D eigenvalue weighted by atomic mass is 10.0. The van der Waals surface area contributed by atoms with Crippen LogP contribution in [0.2, 0.25) is 10.3 Å². The summed E-state index contributed by atoms with van der Waals surface area (Å²) in [6.07, 6.45) is 3.39. The van der Waals surface area contributed by atoms with Gasteiger partial charge < -0.3 is 10.1 Å². The Morgan fingerprint density at radius 2 is 2.28 bits per heavy atom. The maximum atomic E-state index is 6.13. The molecule has 0 aliphatic carbocycles. The highest BCUT2D eigenvalue weighted by molar-refractivity contribution is 6.34. The fraction of sp³-hybridized carbons (Fsp3) is 0.615.